The smallest absolute Gasteiger partial charge is 0.326 e. The summed E-state index contributed by atoms with van der Waals surface area (Å²) in [6.45, 7) is 3.55. The van der Waals surface area contributed by atoms with E-state index < -0.39 is 17.9 Å². The van der Waals surface area contributed by atoms with Gasteiger partial charge in [-0.15, -0.1) is 0 Å². The standard InChI is InChI=1S/C11H16N2O4S/c1-3-4-5-7(10(15)16)13-9(14)8-6(2)12-11(17)18-8/h7H,3-5H2,1-2H3,(H,12,17)(H,13,14)(H,15,16). The van der Waals surface area contributed by atoms with E-state index in [4.69, 9.17) is 5.11 Å². The maximum absolute atomic E-state index is 11.8. The lowest BCUT2D eigenvalue weighted by molar-refractivity contribution is -0.139. The van der Waals surface area contributed by atoms with Crippen molar-refractivity contribution in [3.05, 3.63) is 20.2 Å². The minimum Gasteiger partial charge on any atom is -0.480 e. The van der Waals surface area contributed by atoms with Gasteiger partial charge in [0, 0.05) is 5.69 Å². The van der Waals surface area contributed by atoms with Crippen LogP contribution in [-0.2, 0) is 4.79 Å². The van der Waals surface area contributed by atoms with Crippen LogP contribution in [0.3, 0.4) is 0 Å². The highest BCUT2D eigenvalue weighted by Crippen LogP contribution is 2.09. The Labute approximate surface area is 108 Å². The van der Waals surface area contributed by atoms with Gasteiger partial charge in [-0.3, -0.25) is 9.59 Å². The number of carboxylic acid groups (broad SMARTS) is 1. The highest BCUT2D eigenvalue weighted by Gasteiger charge is 2.22. The molecule has 0 aliphatic rings. The number of carbonyl (C=O) groups excluding carboxylic acids is 1. The Morgan fingerprint density at radius 1 is 1.50 bits per heavy atom. The van der Waals surface area contributed by atoms with Crippen molar-refractivity contribution in [3.63, 3.8) is 0 Å². The minimum absolute atomic E-state index is 0.239. The number of unbranched alkanes of at least 4 members (excludes halogenated alkanes) is 1. The number of thiazole rings is 1. The molecule has 3 N–H and O–H groups in total. The lowest BCUT2D eigenvalue weighted by Gasteiger charge is -2.13. The zero-order valence-electron chi connectivity index (χ0n) is 10.3. The molecular weight excluding hydrogens is 256 g/mol. The highest BCUT2D eigenvalue weighted by atomic mass is 32.1. The number of amides is 1. The van der Waals surface area contributed by atoms with Crippen molar-refractivity contribution in [2.24, 2.45) is 0 Å². The summed E-state index contributed by atoms with van der Waals surface area (Å²) in [7, 11) is 0. The van der Waals surface area contributed by atoms with E-state index in [9.17, 15) is 14.4 Å². The maximum Gasteiger partial charge on any atom is 0.326 e. The third-order valence-electron chi connectivity index (χ3n) is 2.48. The largest absolute Gasteiger partial charge is 0.480 e. The van der Waals surface area contributed by atoms with E-state index in [0.717, 1.165) is 24.2 Å². The average Bonchev–Trinajstić information content (AvgIpc) is 2.63. The van der Waals surface area contributed by atoms with Crippen molar-refractivity contribution in [3.8, 4) is 0 Å². The molecule has 1 atom stereocenters. The van der Waals surface area contributed by atoms with Crippen LogP contribution in [0.2, 0.25) is 0 Å². The number of aromatic amines is 1. The van der Waals surface area contributed by atoms with Crippen LogP contribution in [0.4, 0.5) is 0 Å². The first kappa shape index (κ1) is 14.4. The summed E-state index contributed by atoms with van der Waals surface area (Å²) in [6.07, 6.45) is 1.96. The molecule has 6 nitrogen and oxygen atoms in total. The number of rotatable bonds is 6. The zero-order chi connectivity index (χ0) is 13.7. The van der Waals surface area contributed by atoms with Gasteiger partial charge in [-0.05, 0) is 13.3 Å². The van der Waals surface area contributed by atoms with Gasteiger partial charge in [-0.1, -0.05) is 31.1 Å². The van der Waals surface area contributed by atoms with E-state index in [1.807, 2.05) is 6.92 Å². The first-order valence-electron chi connectivity index (χ1n) is 5.69. The molecule has 1 heterocycles. The van der Waals surface area contributed by atoms with Crippen molar-refractivity contribution in [1.82, 2.24) is 10.3 Å². The number of aromatic nitrogens is 1. The predicted octanol–water partition coefficient (Wildman–Crippen LogP) is 1.12. The Kier molecular flexibility index (Phi) is 5.08. The number of carboxylic acids is 1. The van der Waals surface area contributed by atoms with E-state index in [-0.39, 0.29) is 9.75 Å². The number of aliphatic carboxylic acids is 1. The molecule has 0 aromatic carbocycles. The van der Waals surface area contributed by atoms with Gasteiger partial charge in [0.1, 0.15) is 10.9 Å². The lowest BCUT2D eigenvalue weighted by atomic mass is 10.1. The van der Waals surface area contributed by atoms with Gasteiger partial charge in [0.15, 0.2) is 0 Å². The molecule has 1 aromatic heterocycles. The fraction of sp³-hybridized carbons (Fsp3) is 0.545. The third kappa shape index (κ3) is 3.69. The van der Waals surface area contributed by atoms with Crippen LogP contribution in [0.25, 0.3) is 0 Å². The Balaban J connectivity index is 2.75. The molecule has 0 saturated carbocycles. The summed E-state index contributed by atoms with van der Waals surface area (Å²) >= 11 is 0.784. The number of hydrogen-bond donors (Lipinski definition) is 3. The van der Waals surface area contributed by atoms with Crippen LogP contribution in [0.15, 0.2) is 4.79 Å². The molecule has 18 heavy (non-hydrogen) atoms. The third-order valence-corrected chi connectivity index (χ3v) is 3.46. The second-order valence-corrected chi connectivity index (χ2v) is 4.96. The first-order valence-corrected chi connectivity index (χ1v) is 6.50. The molecule has 7 heteroatoms. The summed E-state index contributed by atoms with van der Waals surface area (Å²) in [6, 6.07) is -0.908. The molecule has 100 valence electrons. The zero-order valence-corrected chi connectivity index (χ0v) is 11.1. The van der Waals surface area contributed by atoms with Crippen LogP contribution >= 0.6 is 11.3 Å². The number of H-pyrrole nitrogens is 1. The fourth-order valence-electron chi connectivity index (χ4n) is 1.51. The second-order valence-electron chi connectivity index (χ2n) is 3.98. The van der Waals surface area contributed by atoms with Crippen LogP contribution in [0, 0.1) is 6.92 Å². The van der Waals surface area contributed by atoms with Gasteiger partial charge >= 0.3 is 10.8 Å². The van der Waals surface area contributed by atoms with Gasteiger partial charge < -0.3 is 15.4 Å². The van der Waals surface area contributed by atoms with Crippen LogP contribution < -0.4 is 10.2 Å². The summed E-state index contributed by atoms with van der Waals surface area (Å²) < 4.78 is 0. The molecule has 0 bridgehead atoms. The van der Waals surface area contributed by atoms with E-state index >= 15 is 0 Å². The molecule has 1 aromatic rings. The topological polar surface area (TPSA) is 99.3 Å². The van der Waals surface area contributed by atoms with Crippen molar-refractivity contribution >= 4 is 23.2 Å². The molecular formula is C11H16N2O4S. The van der Waals surface area contributed by atoms with Crippen LogP contribution in [0.1, 0.15) is 41.6 Å². The normalized spacial score (nSPS) is 12.1. The predicted molar refractivity (Wildman–Crippen MR) is 68.1 cm³/mol. The molecule has 0 radical (unpaired) electrons. The number of nitrogens with one attached hydrogen (secondary N) is 2. The Bertz CT molecular complexity index is 491. The van der Waals surface area contributed by atoms with E-state index in [0.29, 0.717) is 12.1 Å². The molecule has 0 aliphatic carbocycles. The summed E-state index contributed by atoms with van der Waals surface area (Å²) in [5, 5.41) is 11.4. The maximum atomic E-state index is 11.8. The lowest BCUT2D eigenvalue weighted by Crippen LogP contribution is -2.40. The van der Waals surface area contributed by atoms with Gasteiger partial charge in [-0.25, -0.2) is 4.79 Å². The van der Waals surface area contributed by atoms with Gasteiger partial charge in [-0.2, -0.15) is 0 Å². The number of aryl methyl sites for hydroxylation is 1. The summed E-state index contributed by atoms with van der Waals surface area (Å²) in [4.78, 5) is 36.3. The van der Waals surface area contributed by atoms with Gasteiger partial charge in [0.05, 0.1) is 0 Å². The molecule has 1 unspecified atom stereocenters. The summed E-state index contributed by atoms with van der Waals surface area (Å²) in [5.74, 6) is -1.57. The van der Waals surface area contributed by atoms with Crippen molar-refractivity contribution in [2.45, 2.75) is 39.2 Å². The van der Waals surface area contributed by atoms with Crippen molar-refractivity contribution in [1.29, 1.82) is 0 Å². The van der Waals surface area contributed by atoms with Gasteiger partial charge in [0.25, 0.3) is 5.91 Å². The minimum atomic E-state index is -1.06. The van der Waals surface area contributed by atoms with Crippen molar-refractivity contribution < 1.29 is 14.7 Å². The quantitative estimate of drug-likeness (QED) is 0.722. The number of carbonyl (C=O) groups is 2. The Hall–Kier alpha value is -1.63. The van der Waals surface area contributed by atoms with Crippen molar-refractivity contribution in [2.75, 3.05) is 0 Å². The summed E-state index contributed by atoms with van der Waals surface area (Å²) in [5.41, 5.74) is 0.460. The molecule has 0 fully saturated rings. The fourth-order valence-corrected chi connectivity index (χ4v) is 2.26. The van der Waals surface area contributed by atoms with Gasteiger partial charge in [0.2, 0.25) is 0 Å². The Morgan fingerprint density at radius 3 is 2.61 bits per heavy atom. The van der Waals surface area contributed by atoms with E-state index in [1.54, 1.807) is 6.92 Å². The second kappa shape index (κ2) is 6.34. The highest BCUT2D eigenvalue weighted by molar-refractivity contribution is 7.11. The molecule has 0 spiro atoms. The van der Waals surface area contributed by atoms with E-state index in [1.165, 1.54) is 0 Å². The van der Waals surface area contributed by atoms with Crippen LogP contribution in [-0.4, -0.2) is 28.0 Å². The first-order chi connectivity index (χ1) is 8.45. The van der Waals surface area contributed by atoms with E-state index in [2.05, 4.69) is 10.3 Å². The monoisotopic (exact) mass is 272 g/mol. The molecule has 0 saturated heterocycles. The molecule has 1 amide bonds. The molecule has 1 rings (SSSR count). The average molecular weight is 272 g/mol. The Morgan fingerprint density at radius 2 is 2.17 bits per heavy atom. The SMILES string of the molecule is CCCCC(NC(=O)c1sc(=O)[nH]c1C)C(=O)O. The molecule has 0 aliphatic heterocycles. The number of hydrogen-bond acceptors (Lipinski definition) is 4. The van der Waals surface area contributed by atoms with Crippen LogP contribution in [0.5, 0.6) is 0 Å².